The number of alkyl halides is 3. The maximum absolute atomic E-state index is 13.2. The number of aromatic amines is 2. The SMILES string of the molecule is O=c1[nH]c2cc(-n3cccc3)c(C(F)(F)F)cc2[nH]c1=O. The maximum atomic E-state index is 13.2. The molecule has 0 aliphatic carbocycles. The van der Waals surface area contributed by atoms with Crippen molar-refractivity contribution in [3.8, 4) is 5.69 Å². The Labute approximate surface area is 114 Å². The van der Waals surface area contributed by atoms with Gasteiger partial charge in [-0.3, -0.25) is 9.59 Å². The highest BCUT2D eigenvalue weighted by Gasteiger charge is 2.34. The molecule has 0 saturated carbocycles. The first-order valence-corrected chi connectivity index (χ1v) is 5.87. The summed E-state index contributed by atoms with van der Waals surface area (Å²) in [5.41, 5.74) is -2.92. The van der Waals surface area contributed by atoms with Gasteiger partial charge in [0.15, 0.2) is 0 Å². The van der Waals surface area contributed by atoms with Crippen molar-refractivity contribution >= 4 is 11.0 Å². The van der Waals surface area contributed by atoms with E-state index >= 15 is 0 Å². The van der Waals surface area contributed by atoms with E-state index in [4.69, 9.17) is 0 Å². The molecule has 0 radical (unpaired) electrons. The highest BCUT2D eigenvalue weighted by Crippen LogP contribution is 2.35. The molecule has 0 spiro atoms. The number of nitrogens with zero attached hydrogens (tertiary/aromatic N) is 1. The topological polar surface area (TPSA) is 70.7 Å². The molecule has 1 aromatic carbocycles. The van der Waals surface area contributed by atoms with Gasteiger partial charge in [-0.2, -0.15) is 13.2 Å². The van der Waals surface area contributed by atoms with Crippen LogP contribution in [0, 0.1) is 0 Å². The van der Waals surface area contributed by atoms with Crippen LogP contribution in [-0.4, -0.2) is 14.5 Å². The Morgan fingerprint density at radius 3 is 1.95 bits per heavy atom. The van der Waals surface area contributed by atoms with Crippen LogP contribution in [0.4, 0.5) is 13.2 Å². The second-order valence-corrected chi connectivity index (χ2v) is 4.41. The fourth-order valence-corrected chi connectivity index (χ4v) is 2.09. The minimum absolute atomic E-state index is 0.0807. The zero-order valence-corrected chi connectivity index (χ0v) is 10.4. The molecule has 0 amide bonds. The van der Waals surface area contributed by atoms with Crippen LogP contribution in [0.25, 0.3) is 16.7 Å². The minimum Gasteiger partial charge on any atom is -0.323 e. The first kappa shape index (κ1) is 13.2. The van der Waals surface area contributed by atoms with Gasteiger partial charge in [0.2, 0.25) is 0 Å². The Kier molecular flexibility index (Phi) is 2.75. The van der Waals surface area contributed by atoms with E-state index in [0.29, 0.717) is 0 Å². The molecule has 2 N–H and O–H groups in total. The molecule has 2 heterocycles. The van der Waals surface area contributed by atoms with Crippen molar-refractivity contribution in [3.63, 3.8) is 0 Å². The molecule has 3 rings (SSSR count). The molecule has 0 fully saturated rings. The van der Waals surface area contributed by atoms with E-state index in [9.17, 15) is 22.8 Å². The number of nitrogens with one attached hydrogen (secondary N) is 2. The van der Waals surface area contributed by atoms with Crippen LogP contribution >= 0.6 is 0 Å². The summed E-state index contributed by atoms with van der Waals surface area (Å²) in [6.45, 7) is 0. The summed E-state index contributed by atoms with van der Waals surface area (Å²) >= 11 is 0. The predicted molar refractivity (Wildman–Crippen MR) is 69.5 cm³/mol. The highest BCUT2D eigenvalue weighted by molar-refractivity contribution is 5.78. The Morgan fingerprint density at radius 2 is 1.43 bits per heavy atom. The van der Waals surface area contributed by atoms with Gasteiger partial charge < -0.3 is 14.5 Å². The lowest BCUT2D eigenvalue weighted by atomic mass is 10.1. The molecule has 0 aliphatic heterocycles. The Balaban J connectivity index is 2.42. The van der Waals surface area contributed by atoms with Crippen LogP contribution in [0.2, 0.25) is 0 Å². The largest absolute Gasteiger partial charge is 0.418 e. The van der Waals surface area contributed by atoms with Gasteiger partial charge in [0, 0.05) is 12.4 Å². The van der Waals surface area contributed by atoms with Crippen LogP contribution < -0.4 is 11.1 Å². The Morgan fingerprint density at radius 1 is 0.905 bits per heavy atom. The fraction of sp³-hybridized carbons (Fsp3) is 0.0769. The van der Waals surface area contributed by atoms with E-state index in [1.54, 1.807) is 12.1 Å². The van der Waals surface area contributed by atoms with Gasteiger partial charge in [-0.1, -0.05) is 0 Å². The summed E-state index contributed by atoms with van der Waals surface area (Å²) in [7, 11) is 0. The van der Waals surface area contributed by atoms with Crippen molar-refractivity contribution in [2.45, 2.75) is 6.18 Å². The third-order valence-electron chi connectivity index (χ3n) is 3.03. The first-order chi connectivity index (χ1) is 9.86. The summed E-state index contributed by atoms with van der Waals surface area (Å²) in [6, 6.07) is 5.15. The lowest BCUT2D eigenvalue weighted by Gasteiger charge is -2.14. The van der Waals surface area contributed by atoms with Gasteiger partial charge in [0.25, 0.3) is 0 Å². The van der Waals surface area contributed by atoms with Crippen molar-refractivity contribution in [2.75, 3.05) is 0 Å². The van der Waals surface area contributed by atoms with E-state index in [0.717, 1.165) is 6.07 Å². The van der Waals surface area contributed by atoms with Crippen molar-refractivity contribution in [1.29, 1.82) is 0 Å². The Bertz CT molecular complexity index is 920. The molecular weight excluding hydrogens is 287 g/mol. The normalized spacial score (nSPS) is 12.0. The van der Waals surface area contributed by atoms with Crippen molar-refractivity contribution in [1.82, 2.24) is 14.5 Å². The molecule has 2 aromatic heterocycles. The molecular formula is C13H8F3N3O2. The van der Waals surface area contributed by atoms with Crippen LogP contribution in [0.15, 0.2) is 46.2 Å². The second-order valence-electron chi connectivity index (χ2n) is 4.41. The average Bonchev–Trinajstić information content (AvgIpc) is 2.91. The molecule has 0 unspecified atom stereocenters. The zero-order chi connectivity index (χ0) is 15.2. The number of rotatable bonds is 1. The molecule has 21 heavy (non-hydrogen) atoms. The number of benzene rings is 1. The number of hydrogen-bond acceptors (Lipinski definition) is 2. The summed E-state index contributed by atoms with van der Waals surface area (Å²) in [5.74, 6) is 0. The van der Waals surface area contributed by atoms with E-state index in [1.807, 2.05) is 0 Å². The number of fused-ring (bicyclic) bond motifs is 1. The van der Waals surface area contributed by atoms with Gasteiger partial charge in [-0.25, -0.2) is 0 Å². The highest BCUT2D eigenvalue weighted by atomic mass is 19.4. The average molecular weight is 295 g/mol. The standard InChI is InChI=1S/C13H8F3N3O2/c14-13(15,16)7-5-8-9(18-12(21)11(20)17-8)6-10(7)19-3-1-2-4-19/h1-6H,(H,17,20)(H,18,21). The lowest BCUT2D eigenvalue weighted by molar-refractivity contribution is -0.137. The minimum atomic E-state index is -4.60. The molecule has 0 saturated heterocycles. The molecule has 0 bridgehead atoms. The summed E-state index contributed by atoms with van der Waals surface area (Å²) in [5, 5.41) is 0. The molecule has 108 valence electrons. The summed E-state index contributed by atoms with van der Waals surface area (Å²) in [6.07, 6.45) is -1.68. The van der Waals surface area contributed by atoms with Gasteiger partial charge in [0.05, 0.1) is 22.3 Å². The number of H-pyrrole nitrogens is 2. The van der Waals surface area contributed by atoms with E-state index in [-0.39, 0.29) is 16.7 Å². The van der Waals surface area contributed by atoms with Gasteiger partial charge in [-0.15, -0.1) is 0 Å². The second kappa shape index (κ2) is 4.37. The van der Waals surface area contributed by atoms with Crippen LogP contribution in [0.5, 0.6) is 0 Å². The lowest BCUT2D eigenvalue weighted by Crippen LogP contribution is -2.29. The number of halogens is 3. The first-order valence-electron chi connectivity index (χ1n) is 5.87. The zero-order valence-electron chi connectivity index (χ0n) is 10.4. The van der Waals surface area contributed by atoms with Gasteiger partial charge >= 0.3 is 17.3 Å². The van der Waals surface area contributed by atoms with Gasteiger partial charge in [0.1, 0.15) is 0 Å². The summed E-state index contributed by atoms with van der Waals surface area (Å²) in [4.78, 5) is 26.9. The monoisotopic (exact) mass is 295 g/mol. The van der Waals surface area contributed by atoms with Crippen LogP contribution in [0.3, 0.4) is 0 Å². The molecule has 8 heteroatoms. The van der Waals surface area contributed by atoms with E-state index in [2.05, 4.69) is 9.97 Å². The van der Waals surface area contributed by atoms with E-state index < -0.39 is 22.9 Å². The molecule has 5 nitrogen and oxygen atoms in total. The third-order valence-corrected chi connectivity index (χ3v) is 3.03. The smallest absolute Gasteiger partial charge is 0.323 e. The molecule has 3 aromatic rings. The predicted octanol–water partition coefficient (Wildman–Crippen LogP) is 2.03. The van der Waals surface area contributed by atoms with Gasteiger partial charge in [-0.05, 0) is 24.3 Å². The van der Waals surface area contributed by atoms with Crippen LogP contribution in [0.1, 0.15) is 5.56 Å². The maximum Gasteiger partial charge on any atom is 0.418 e. The molecule has 0 atom stereocenters. The number of aromatic nitrogens is 3. The third kappa shape index (κ3) is 2.24. The van der Waals surface area contributed by atoms with Crippen molar-refractivity contribution < 1.29 is 13.2 Å². The van der Waals surface area contributed by atoms with Crippen molar-refractivity contribution in [3.05, 3.63) is 62.9 Å². The fourth-order valence-electron chi connectivity index (χ4n) is 2.09. The quantitative estimate of drug-likeness (QED) is 0.674. The molecule has 0 aliphatic rings. The van der Waals surface area contributed by atoms with E-state index in [1.165, 1.54) is 23.0 Å². The van der Waals surface area contributed by atoms with Crippen molar-refractivity contribution in [2.24, 2.45) is 0 Å². The summed E-state index contributed by atoms with van der Waals surface area (Å²) < 4.78 is 40.8. The Hall–Kier alpha value is -2.77. The van der Waals surface area contributed by atoms with Crippen LogP contribution in [-0.2, 0) is 6.18 Å². The number of hydrogen-bond donors (Lipinski definition) is 2.